The van der Waals surface area contributed by atoms with Crippen LogP contribution >= 0.6 is 15.9 Å². The molecule has 1 amide bonds. The number of ketones is 1. The van der Waals surface area contributed by atoms with Gasteiger partial charge in [-0.2, -0.15) is 0 Å². The molecule has 0 saturated heterocycles. The average molecular weight is 296 g/mol. The summed E-state index contributed by atoms with van der Waals surface area (Å²) in [6, 6.07) is 7.01. The minimum atomic E-state index is -0.186. The molecular formula is C13H14BrNO2. The Kier molecular flexibility index (Phi) is 3.62. The summed E-state index contributed by atoms with van der Waals surface area (Å²) >= 11 is 3.24. The van der Waals surface area contributed by atoms with Crippen LogP contribution in [0.15, 0.2) is 24.3 Å². The smallest absolute Gasteiger partial charge is 0.227 e. The predicted octanol–water partition coefficient (Wildman–Crippen LogP) is 3.00. The molecule has 1 fully saturated rings. The summed E-state index contributed by atoms with van der Waals surface area (Å²) in [5.74, 6) is 0.321. The second-order valence-electron chi connectivity index (χ2n) is 4.32. The number of anilines is 1. The van der Waals surface area contributed by atoms with Crippen molar-refractivity contribution < 1.29 is 9.59 Å². The first-order chi connectivity index (χ1) is 8.08. The molecule has 1 unspecified atom stereocenters. The number of carbonyl (C=O) groups excluding carboxylic acids is 2. The van der Waals surface area contributed by atoms with E-state index in [0.717, 1.165) is 18.5 Å². The fourth-order valence-corrected chi connectivity index (χ4v) is 1.80. The second-order valence-corrected chi connectivity index (χ2v) is 5.69. The number of benzene rings is 1. The molecule has 1 aromatic carbocycles. The first-order valence-electron chi connectivity index (χ1n) is 5.67. The summed E-state index contributed by atoms with van der Waals surface area (Å²) < 4.78 is 0. The summed E-state index contributed by atoms with van der Waals surface area (Å²) in [4.78, 5) is 23.0. The number of alkyl halides is 1. The van der Waals surface area contributed by atoms with Crippen molar-refractivity contribution in [2.75, 3.05) is 5.32 Å². The van der Waals surface area contributed by atoms with Crippen LogP contribution in [0.25, 0.3) is 0 Å². The molecule has 0 radical (unpaired) electrons. The van der Waals surface area contributed by atoms with Gasteiger partial charge in [0.15, 0.2) is 5.78 Å². The van der Waals surface area contributed by atoms with Crippen LogP contribution in [-0.2, 0) is 4.79 Å². The molecule has 4 heteroatoms. The van der Waals surface area contributed by atoms with E-state index in [1.165, 1.54) is 0 Å². The van der Waals surface area contributed by atoms with Gasteiger partial charge in [0, 0.05) is 17.2 Å². The molecule has 1 atom stereocenters. The quantitative estimate of drug-likeness (QED) is 0.686. The number of rotatable bonds is 4. The van der Waals surface area contributed by atoms with Crippen LogP contribution in [-0.4, -0.2) is 16.5 Å². The number of carbonyl (C=O) groups is 2. The van der Waals surface area contributed by atoms with Crippen LogP contribution in [0.5, 0.6) is 0 Å². The Morgan fingerprint density at radius 3 is 2.35 bits per heavy atom. The molecule has 2 rings (SSSR count). The van der Waals surface area contributed by atoms with Gasteiger partial charge >= 0.3 is 0 Å². The lowest BCUT2D eigenvalue weighted by atomic mass is 10.1. The minimum Gasteiger partial charge on any atom is -0.326 e. The highest BCUT2D eigenvalue weighted by atomic mass is 79.9. The summed E-state index contributed by atoms with van der Waals surface area (Å²) in [5, 5.41) is 2.84. The minimum absolute atomic E-state index is 0.0464. The predicted molar refractivity (Wildman–Crippen MR) is 70.5 cm³/mol. The highest BCUT2D eigenvalue weighted by Crippen LogP contribution is 2.30. The number of hydrogen-bond donors (Lipinski definition) is 1. The summed E-state index contributed by atoms with van der Waals surface area (Å²) in [5.41, 5.74) is 1.40. The average Bonchev–Trinajstić information content (AvgIpc) is 3.12. The second kappa shape index (κ2) is 5.00. The van der Waals surface area contributed by atoms with Crippen molar-refractivity contribution in [2.45, 2.75) is 24.6 Å². The van der Waals surface area contributed by atoms with Gasteiger partial charge in [0.25, 0.3) is 0 Å². The van der Waals surface area contributed by atoms with Gasteiger partial charge in [-0.25, -0.2) is 0 Å². The normalized spacial score (nSPS) is 16.4. The standard InChI is InChI=1S/C13H14BrNO2/c1-8(14)12(16)9-4-6-11(7-5-9)15-13(17)10-2-3-10/h4-8,10H,2-3H2,1H3,(H,15,17). The lowest BCUT2D eigenvalue weighted by molar-refractivity contribution is -0.117. The van der Waals surface area contributed by atoms with E-state index in [1.54, 1.807) is 31.2 Å². The molecule has 0 aliphatic heterocycles. The molecule has 1 N–H and O–H groups in total. The van der Waals surface area contributed by atoms with E-state index in [4.69, 9.17) is 0 Å². The zero-order valence-corrected chi connectivity index (χ0v) is 11.2. The monoisotopic (exact) mass is 295 g/mol. The maximum atomic E-state index is 11.7. The zero-order valence-electron chi connectivity index (χ0n) is 9.57. The zero-order chi connectivity index (χ0) is 12.4. The first-order valence-corrected chi connectivity index (χ1v) is 6.58. The maximum Gasteiger partial charge on any atom is 0.227 e. The lowest BCUT2D eigenvalue weighted by Crippen LogP contribution is -2.14. The molecule has 3 nitrogen and oxygen atoms in total. The largest absolute Gasteiger partial charge is 0.326 e. The van der Waals surface area contributed by atoms with E-state index in [0.29, 0.717) is 5.56 Å². The van der Waals surface area contributed by atoms with Crippen LogP contribution < -0.4 is 5.32 Å². The van der Waals surface area contributed by atoms with Crippen LogP contribution in [0.2, 0.25) is 0 Å². The van der Waals surface area contributed by atoms with Gasteiger partial charge in [-0.05, 0) is 44.0 Å². The summed E-state index contributed by atoms with van der Waals surface area (Å²) in [6.45, 7) is 1.80. The van der Waals surface area contributed by atoms with Crippen molar-refractivity contribution in [3.63, 3.8) is 0 Å². The third kappa shape index (κ3) is 3.16. The molecule has 1 aliphatic carbocycles. The number of hydrogen-bond acceptors (Lipinski definition) is 2. The third-order valence-electron chi connectivity index (χ3n) is 2.75. The Morgan fingerprint density at radius 2 is 1.88 bits per heavy atom. The number of nitrogens with one attached hydrogen (secondary N) is 1. The molecule has 1 aliphatic rings. The Labute approximate surface area is 109 Å². The first kappa shape index (κ1) is 12.3. The topological polar surface area (TPSA) is 46.2 Å². The lowest BCUT2D eigenvalue weighted by Gasteiger charge is -2.06. The van der Waals surface area contributed by atoms with Gasteiger partial charge < -0.3 is 5.32 Å². The van der Waals surface area contributed by atoms with Crippen molar-refractivity contribution in [2.24, 2.45) is 5.92 Å². The summed E-state index contributed by atoms with van der Waals surface area (Å²) in [7, 11) is 0. The van der Waals surface area contributed by atoms with E-state index >= 15 is 0 Å². The van der Waals surface area contributed by atoms with E-state index in [9.17, 15) is 9.59 Å². The number of Topliss-reactive ketones (excluding diaryl/α,β-unsaturated/α-hetero) is 1. The highest BCUT2D eigenvalue weighted by Gasteiger charge is 2.29. The molecular weight excluding hydrogens is 282 g/mol. The molecule has 0 spiro atoms. The number of halogens is 1. The Balaban J connectivity index is 2.02. The van der Waals surface area contributed by atoms with E-state index in [-0.39, 0.29) is 22.4 Å². The molecule has 0 bridgehead atoms. The SMILES string of the molecule is CC(Br)C(=O)c1ccc(NC(=O)C2CC2)cc1. The third-order valence-corrected chi connectivity index (χ3v) is 3.16. The van der Waals surface area contributed by atoms with Crippen LogP contribution in [0.3, 0.4) is 0 Å². The van der Waals surface area contributed by atoms with Crippen LogP contribution in [0, 0.1) is 5.92 Å². The maximum absolute atomic E-state index is 11.7. The van der Waals surface area contributed by atoms with Gasteiger partial charge in [0.1, 0.15) is 0 Å². The molecule has 0 heterocycles. The molecule has 17 heavy (non-hydrogen) atoms. The van der Waals surface area contributed by atoms with Crippen LogP contribution in [0.1, 0.15) is 30.1 Å². The highest BCUT2D eigenvalue weighted by molar-refractivity contribution is 9.10. The molecule has 0 aromatic heterocycles. The van der Waals surface area contributed by atoms with Crippen molar-refractivity contribution >= 4 is 33.3 Å². The summed E-state index contributed by atoms with van der Waals surface area (Å²) in [6.07, 6.45) is 1.98. The molecule has 1 saturated carbocycles. The Bertz CT molecular complexity index is 435. The van der Waals surface area contributed by atoms with Gasteiger partial charge in [-0.15, -0.1) is 0 Å². The fraction of sp³-hybridized carbons (Fsp3) is 0.385. The molecule has 90 valence electrons. The van der Waals surface area contributed by atoms with Crippen molar-refractivity contribution in [3.05, 3.63) is 29.8 Å². The van der Waals surface area contributed by atoms with Crippen LogP contribution in [0.4, 0.5) is 5.69 Å². The van der Waals surface area contributed by atoms with E-state index < -0.39 is 0 Å². The van der Waals surface area contributed by atoms with Gasteiger partial charge in [-0.3, -0.25) is 9.59 Å². The van der Waals surface area contributed by atoms with Crippen molar-refractivity contribution in [1.29, 1.82) is 0 Å². The van der Waals surface area contributed by atoms with Gasteiger partial charge in [0.2, 0.25) is 5.91 Å². The fourth-order valence-electron chi connectivity index (χ4n) is 1.54. The van der Waals surface area contributed by atoms with Gasteiger partial charge in [-0.1, -0.05) is 15.9 Å². The van der Waals surface area contributed by atoms with Crippen molar-refractivity contribution in [3.8, 4) is 0 Å². The van der Waals surface area contributed by atoms with E-state index in [1.807, 2.05) is 0 Å². The number of amides is 1. The van der Waals surface area contributed by atoms with E-state index in [2.05, 4.69) is 21.2 Å². The Hall–Kier alpha value is -1.16. The Morgan fingerprint density at radius 1 is 1.29 bits per heavy atom. The molecule has 1 aromatic rings. The van der Waals surface area contributed by atoms with Crippen molar-refractivity contribution in [1.82, 2.24) is 0 Å². The van der Waals surface area contributed by atoms with Gasteiger partial charge in [0.05, 0.1) is 4.83 Å².